The summed E-state index contributed by atoms with van der Waals surface area (Å²) in [6.45, 7) is 4.18. The molecule has 0 spiro atoms. The van der Waals surface area contributed by atoms with E-state index in [9.17, 15) is 5.11 Å². The van der Waals surface area contributed by atoms with Gasteiger partial charge in [-0.15, -0.1) is 0 Å². The van der Waals surface area contributed by atoms with Crippen molar-refractivity contribution in [1.82, 2.24) is 10.2 Å². The molecule has 0 aromatic heterocycles. The van der Waals surface area contributed by atoms with E-state index in [0.717, 1.165) is 42.6 Å². The SMILES string of the molecule is COCCN(C)CCNCc1c(O)ccc2ccccc12. The maximum atomic E-state index is 10.1. The van der Waals surface area contributed by atoms with E-state index in [1.165, 1.54) is 0 Å². The number of benzene rings is 2. The molecule has 0 aliphatic carbocycles. The number of ether oxygens (including phenoxy) is 1. The van der Waals surface area contributed by atoms with Crippen LogP contribution < -0.4 is 5.32 Å². The van der Waals surface area contributed by atoms with Crippen LogP contribution in [-0.2, 0) is 11.3 Å². The largest absolute Gasteiger partial charge is 0.508 e. The van der Waals surface area contributed by atoms with E-state index >= 15 is 0 Å². The van der Waals surface area contributed by atoms with Crippen molar-refractivity contribution in [2.75, 3.05) is 40.4 Å². The maximum Gasteiger partial charge on any atom is 0.120 e. The second-order valence-electron chi connectivity index (χ2n) is 5.26. The van der Waals surface area contributed by atoms with Gasteiger partial charge >= 0.3 is 0 Å². The number of phenols is 1. The molecule has 21 heavy (non-hydrogen) atoms. The molecule has 0 aliphatic rings. The Kier molecular flexibility index (Phi) is 5.99. The lowest BCUT2D eigenvalue weighted by Crippen LogP contribution is -2.31. The van der Waals surface area contributed by atoms with Gasteiger partial charge in [-0.2, -0.15) is 0 Å². The lowest BCUT2D eigenvalue weighted by Gasteiger charge is -2.16. The van der Waals surface area contributed by atoms with Gasteiger partial charge in [0.15, 0.2) is 0 Å². The Morgan fingerprint density at radius 2 is 1.95 bits per heavy atom. The van der Waals surface area contributed by atoms with E-state index in [2.05, 4.69) is 29.4 Å². The second kappa shape index (κ2) is 7.98. The van der Waals surface area contributed by atoms with Crippen molar-refractivity contribution in [3.63, 3.8) is 0 Å². The highest BCUT2D eigenvalue weighted by atomic mass is 16.5. The van der Waals surface area contributed by atoms with Gasteiger partial charge in [0.25, 0.3) is 0 Å². The predicted molar refractivity (Wildman–Crippen MR) is 86.7 cm³/mol. The smallest absolute Gasteiger partial charge is 0.120 e. The molecule has 4 heteroatoms. The van der Waals surface area contributed by atoms with Gasteiger partial charge in [0.1, 0.15) is 5.75 Å². The van der Waals surface area contributed by atoms with Crippen LogP contribution in [0.4, 0.5) is 0 Å². The number of nitrogens with zero attached hydrogens (tertiary/aromatic N) is 1. The Bertz CT molecular complexity index is 572. The van der Waals surface area contributed by atoms with Crippen LogP contribution >= 0.6 is 0 Å². The van der Waals surface area contributed by atoms with Crippen LogP contribution in [-0.4, -0.2) is 50.4 Å². The summed E-state index contributed by atoms with van der Waals surface area (Å²) in [7, 11) is 3.80. The number of nitrogens with one attached hydrogen (secondary N) is 1. The third-order valence-electron chi connectivity index (χ3n) is 3.67. The van der Waals surface area contributed by atoms with Crippen LogP contribution in [0.3, 0.4) is 0 Å². The molecule has 0 aliphatic heterocycles. The summed E-state index contributed by atoms with van der Waals surface area (Å²) in [5.41, 5.74) is 0.965. The van der Waals surface area contributed by atoms with Crippen LogP contribution in [0.25, 0.3) is 10.8 Å². The second-order valence-corrected chi connectivity index (χ2v) is 5.26. The number of aromatic hydroxyl groups is 1. The Balaban J connectivity index is 1.90. The summed E-state index contributed by atoms with van der Waals surface area (Å²) < 4.78 is 5.06. The molecule has 114 valence electrons. The number of phenolic OH excluding ortho intramolecular Hbond substituents is 1. The molecule has 4 nitrogen and oxygen atoms in total. The van der Waals surface area contributed by atoms with E-state index in [4.69, 9.17) is 4.74 Å². The quantitative estimate of drug-likeness (QED) is 0.731. The number of rotatable bonds is 8. The standard InChI is InChI=1S/C17H24N2O2/c1-19(11-12-21-2)10-9-18-13-16-15-6-4-3-5-14(15)7-8-17(16)20/h3-8,18,20H,9-13H2,1-2H3. The van der Waals surface area contributed by atoms with Gasteiger partial charge in [-0.1, -0.05) is 30.3 Å². The minimum absolute atomic E-state index is 0.355. The van der Waals surface area contributed by atoms with E-state index in [0.29, 0.717) is 12.3 Å². The average Bonchev–Trinajstić information content (AvgIpc) is 2.51. The van der Waals surface area contributed by atoms with Crippen LogP contribution in [0.5, 0.6) is 5.75 Å². The van der Waals surface area contributed by atoms with E-state index in [-0.39, 0.29) is 0 Å². The van der Waals surface area contributed by atoms with Crippen molar-refractivity contribution in [3.8, 4) is 5.75 Å². The highest BCUT2D eigenvalue weighted by Gasteiger charge is 2.06. The van der Waals surface area contributed by atoms with Crippen LogP contribution in [0.15, 0.2) is 36.4 Å². The number of fused-ring (bicyclic) bond motifs is 1. The zero-order valence-corrected chi connectivity index (χ0v) is 12.8. The first-order valence-corrected chi connectivity index (χ1v) is 7.30. The highest BCUT2D eigenvalue weighted by Crippen LogP contribution is 2.26. The van der Waals surface area contributed by atoms with Gasteiger partial charge in [0, 0.05) is 38.9 Å². The van der Waals surface area contributed by atoms with Gasteiger partial charge in [-0.3, -0.25) is 0 Å². The van der Waals surface area contributed by atoms with Crippen LogP contribution in [0.1, 0.15) is 5.56 Å². The fourth-order valence-corrected chi connectivity index (χ4v) is 2.35. The minimum Gasteiger partial charge on any atom is -0.508 e. The zero-order chi connectivity index (χ0) is 15.1. The Morgan fingerprint density at radius 1 is 1.14 bits per heavy atom. The third-order valence-corrected chi connectivity index (χ3v) is 3.67. The van der Waals surface area contributed by atoms with E-state index in [1.54, 1.807) is 13.2 Å². The Morgan fingerprint density at radius 3 is 2.76 bits per heavy atom. The summed E-state index contributed by atoms with van der Waals surface area (Å²) in [6.07, 6.45) is 0. The maximum absolute atomic E-state index is 10.1. The van der Waals surface area contributed by atoms with Crippen molar-refractivity contribution in [2.24, 2.45) is 0 Å². The fourth-order valence-electron chi connectivity index (χ4n) is 2.35. The van der Waals surface area contributed by atoms with Crippen molar-refractivity contribution in [1.29, 1.82) is 0 Å². The molecule has 0 fully saturated rings. The molecule has 0 atom stereocenters. The molecule has 0 radical (unpaired) electrons. The average molecular weight is 288 g/mol. The van der Waals surface area contributed by atoms with Gasteiger partial charge in [-0.25, -0.2) is 0 Å². The van der Waals surface area contributed by atoms with E-state index < -0.39 is 0 Å². The minimum atomic E-state index is 0.355. The molecular weight excluding hydrogens is 264 g/mol. The lowest BCUT2D eigenvalue weighted by molar-refractivity contribution is 0.161. The first kappa shape index (κ1) is 15.8. The van der Waals surface area contributed by atoms with Gasteiger partial charge in [-0.05, 0) is 23.9 Å². The number of likely N-dealkylation sites (N-methyl/N-ethyl adjacent to an activating group) is 1. The molecule has 2 rings (SSSR count). The number of hydrogen-bond acceptors (Lipinski definition) is 4. The number of methoxy groups -OCH3 is 1. The fraction of sp³-hybridized carbons (Fsp3) is 0.412. The summed E-state index contributed by atoms with van der Waals surface area (Å²) in [6, 6.07) is 11.9. The van der Waals surface area contributed by atoms with Crippen molar-refractivity contribution < 1.29 is 9.84 Å². The molecule has 2 aromatic carbocycles. The van der Waals surface area contributed by atoms with Gasteiger partial charge < -0.3 is 20.1 Å². The van der Waals surface area contributed by atoms with Gasteiger partial charge in [0.2, 0.25) is 0 Å². The van der Waals surface area contributed by atoms with Crippen molar-refractivity contribution in [3.05, 3.63) is 42.0 Å². The van der Waals surface area contributed by atoms with Crippen molar-refractivity contribution in [2.45, 2.75) is 6.54 Å². The summed E-state index contributed by atoms with van der Waals surface area (Å²) >= 11 is 0. The Hall–Kier alpha value is -1.62. The molecule has 0 amide bonds. The first-order valence-electron chi connectivity index (χ1n) is 7.30. The highest BCUT2D eigenvalue weighted by molar-refractivity contribution is 5.87. The molecular formula is C17H24N2O2. The first-order chi connectivity index (χ1) is 10.2. The molecule has 0 saturated heterocycles. The predicted octanol–water partition coefficient (Wildman–Crippen LogP) is 2.21. The summed E-state index contributed by atoms with van der Waals surface area (Å²) in [5.74, 6) is 0.355. The van der Waals surface area contributed by atoms with Crippen LogP contribution in [0, 0.1) is 0 Å². The summed E-state index contributed by atoms with van der Waals surface area (Å²) in [5, 5.41) is 15.7. The molecule has 0 bridgehead atoms. The van der Waals surface area contributed by atoms with Gasteiger partial charge in [0.05, 0.1) is 6.61 Å². The van der Waals surface area contributed by atoms with Crippen molar-refractivity contribution >= 4 is 10.8 Å². The number of hydrogen-bond donors (Lipinski definition) is 2. The summed E-state index contributed by atoms with van der Waals surface area (Å²) in [4.78, 5) is 2.22. The third kappa shape index (κ3) is 4.43. The Labute approximate surface area is 126 Å². The molecule has 2 aromatic rings. The topological polar surface area (TPSA) is 44.7 Å². The molecule has 2 N–H and O–H groups in total. The van der Waals surface area contributed by atoms with Crippen LogP contribution in [0.2, 0.25) is 0 Å². The molecule has 0 saturated carbocycles. The normalized spacial score (nSPS) is 11.4. The monoisotopic (exact) mass is 288 g/mol. The lowest BCUT2D eigenvalue weighted by atomic mass is 10.0. The van der Waals surface area contributed by atoms with E-state index in [1.807, 2.05) is 18.2 Å². The molecule has 0 heterocycles. The zero-order valence-electron chi connectivity index (χ0n) is 12.8. The molecule has 0 unspecified atom stereocenters.